The van der Waals surface area contributed by atoms with Crippen molar-refractivity contribution < 1.29 is 9.21 Å². The highest BCUT2D eigenvalue weighted by atomic mass is 16.3. The molecule has 6 heteroatoms. The highest BCUT2D eigenvalue weighted by Crippen LogP contribution is 2.26. The Labute approximate surface area is 133 Å². The number of amides is 1. The Balaban J connectivity index is 1.49. The van der Waals surface area contributed by atoms with Crippen molar-refractivity contribution in [2.75, 3.05) is 13.1 Å². The van der Waals surface area contributed by atoms with Crippen LogP contribution in [-0.4, -0.2) is 38.9 Å². The van der Waals surface area contributed by atoms with Crippen molar-refractivity contribution in [1.82, 2.24) is 19.9 Å². The normalized spacial score (nSPS) is 16.1. The Bertz CT molecular complexity index is 830. The van der Waals surface area contributed by atoms with E-state index in [2.05, 4.69) is 29.4 Å². The van der Waals surface area contributed by atoms with Gasteiger partial charge >= 0.3 is 0 Å². The highest BCUT2D eigenvalue weighted by Gasteiger charge is 2.27. The lowest BCUT2D eigenvalue weighted by atomic mass is 10.0. The van der Waals surface area contributed by atoms with Gasteiger partial charge < -0.3 is 9.32 Å². The van der Waals surface area contributed by atoms with Crippen LogP contribution in [0.1, 0.15) is 35.0 Å². The number of carbonyl (C=O) groups excluding carboxylic acids is 1. The van der Waals surface area contributed by atoms with E-state index in [1.807, 2.05) is 15.6 Å². The molecule has 0 aliphatic carbocycles. The first-order chi connectivity index (χ1) is 11.2. The lowest BCUT2D eigenvalue weighted by molar-refractivity contribution is 0.0659. The van der Waals surface area contributed by atoms with E-state index in [0.717, 1.165) is 23.9 Å². The number of aromatic nitrogens is 3. The maximum atomic E-state index is 12.3. The summed E-state index contributed by atoms with van der Waals surface area (Å²) < 4.78 is 7.20. The molecule has 4 rings (SSSR count). The Morgan fingerprint density at radius 2 is 2.09 bits per heavy atom. The number of carbonyl (C=O) groups is 1. The molecule has 1 amide bonds. The minimum atomic E-state index is -0.0347. The van der Waals surface area contributed by atoms with Gasteiger partial charge in [-0.2, -0.15) is 0 Å². The van der Waals surface area contributed by atoms with Crippen LogP contribution in [0.15, 0.2) is 41.0 Å². The number of rotatable bonds is 2. The quantitative estimate of drug-likeness (QED) is 0.730. The Morgan fingerprint density at radius 3 is 2.83 bits per heavy atom. The molecular weight excluding hydrogens is 292 g/mol. The second kappa shape index (κ2) is 5.53. The van der Waals surface area contributed by atoms with Crippen molar-refractivity contribution in [2.45, 2.75) is 25.8 Å². The highest BCUT2D eigenvalue weighted by molar-refractivity contribution is 5.91. The van der Waals surface area contributed by atoms with Crippen LogP contribution in [0.4, 0.5) is 0 Å². The zero-order valence-electron chi connectivity index (χ0n) is 13.0. The summed E-state index contributed by atoms with van der Waals surface area (Å²) in [5.74, 6) is 0.373. The van der Waals surface area contributed by atoms with Gasteiger partial charge in [0.05, 0.1) is 17.8 Å². The molecule has 3 aromatic rings. The van der Waals surface area contributed by atoms with Crippen LogP contribution >= 0.6 is 0 Å². The van der Waals surface area contributed by atoms with Gasteiger partial charge in [-0.05, 0) is 49.6 Å². The molecule has 0 spiro atoms. The molecule has 1 saturated heterocycles. The van der Waals surface area contributed by atoms with Crippen molar-refractivity contribution in [2.24, 2.45) is 0 Å². The number of fused-ring (bicyclic) bond motifs is 1. The van der Waals surface area contributed by atoms with Gasteiger partial charge in [0.15, 0.2) is 5.76 Å². The van der Waals surface area contributed by atoms with Gasteiger partial charge in [0.25, 0.3) is 5.91 Å². The van der Waals surface area contributed by atoms with Crippen molar-refractivity contribution >= 4 is 16.9 Å². The van der Waals surface area contributed by atoms with E-state index in [4.69, 9.17) is 4.42 Å². The van der Waals surface area contributed by atoms with Crippen molar-refractivity contribution in [3.05, 3.63) is 47.9 Å². The van der Waals surface area contributed by atoms with Gasteiger partial charge in [-0.15, -0.1) is 5.10 Å². The van der Waals surface area contributed by atoms with E-state index in [9.17, 15) is 4.79 Å². The molecule has 0 unspecified atom stereocenters. The number of piperidine rings is 1. The first-order valence-electron chi connectivity index (χ1n) is 7.87. The fraction of sp³-hybridized carbons (Fsp3) is 0.353. The van der Waals surface area contributed by atoms with Gasteiger partial charge in [-0.3, -0.25) is 4.79 Å². The summed E-state index contributed by atoms with van der Waals surface area (Å²) in [4.78, 5) is 14.1. The number of nitrogens with zero attached hydrogens (tertiary/aromatic N) is 4. The van der Waals surface area contributed by atoms with E-state index in [0.29, 0.717) is 18.8 Å². The largest absolute Gasteiger partial charge is 0.459 e. The van der Waals surface area contributed by atoms with Crippen molar-refractivity contribution in [3.63, 3.8) is 0 Å². The number of aryl methyl sites for hydroxylation is 1. The van der Waals surface area contributed by atoms with Crippen LogP contribution in [-0.2, 0) is 0 Å². The Kier molecular flexibility index (Phi) is 3.37. The van der Waals surface area contributed by atoms with E-state index >= 15 is 0 Å². The number of likely N-dealkylation sites (tertiary alicyclic amines) is 1. The van der Waals surface area contributed by atoms with Crippen LogP contribution in [0.2, 0.25) is 0 Å². The predicted octanol–water partition coefficient (Wildman–Crippen LogP) is 2.81. The second-order valence-corrected chi connectivity index (χ2v) is 6.03. The predicted molar refractivity (Wildman–Crippen MR) is 85.1 cm³/mol. The molecule has 2 aromatic heterocycles. The summed E-state index contributed by atoms with van der Waals surface area (Å²) >= 11 is 0. The monoisotopic (exact) mass is 310 g/mol. The fourth-order valence-corrected chi connectivity index (χ4v) is 3.19. The van der Waals surface area contributed by atoms with Crippen LogP contribution in [0.3, 0.4) is 0 Å². The number of hydrogen-bond donors (Lipinski definition) is 0. The molecule has 0 atom stereocenters. The molecule has 0 saturated carbocycles. The van der Waals surface area contributed by atoms with E-state index in [1.54, 1.807) is 12.1 Å². The van der Waals surface area contributed by atoms with E-state index in [1.165, 1.54) is 11.8 Å². The summed E-state index contributed by atoms with van der Waals surface area (Å²) in [6.45, 7) is 3.46. The molecule has 6 nitrogen and oxygen atoms in total. The molecule has 1 aromatic carbocycles. The first-order valence-corrected chi connectivity index (χ1v) is 7.87. The molecule has 1 aliphatic heterocycles. The fourth-order valence-electron chi connectivity index (χ4n) is 3.19. The number of benzene rings is 1. The zero-order valence-corrected chi connectivity index (χ0v) is 13.0. The Hall–Kier alpha value is -2.63. The zero-order chi connectivity index (χ0) is 15.8. The molecule has 1 aliphatic rings. The third-order valence-corrected chi connectivity index (χ3v) is 4.46. The molecular formula is C17H18N4O2. The van der Waals surface area contributed by atoms with E-state index in [-0.39, 0.29) is 11.9 Å². The minimum absolute atomic E-state index is 0.0347. The lowest BCUT2D eigenvalue weighted by Crippen LogP contribution is -2.39. The molecule has 3 heterocycles. The summed E-state index contributed by atoms with van der Waals surface area (Å²) in [5, 5.41) is 8.59. The first kappa shape index (κ1) is 14.0. The maximum Gasteiger partial charge on any atom is 0.289 e. The van der Waals surface area contributed by atoms with Gasteiger partial charge in [0.2, 0.25) is 0 Å². The third-order valence-electron chi connectivity index (χ3n) is 4.46. The Morgan fingerprint density at radius 1 is 1.26 bits per heavy atom. The summed E-state index contributed by atoms with van der Waals surface area (Å²) in [6, 6.07) is 9.94. The number of furan rings is 1. The smallest absolute Gasteiger partial charge is 0.289 e. The van der Waals surface area contributed by atoms with Crippen LogP contribution in [0.5, 0.6) is 0 Å². The average Bonchev–Trinajstić information content (AvgIpc) is 3.23. The summed E-state index contributed by atoms with van der Waals surface area (Å²) in [6.07, 6.45) is 3.28. The average molecular weight is 310 g/mol. The van der Waals surface area contributed by atoms with Gasteiger partial charge in [-0.25, -0.2) is 4.68 Å². The molecule has 118 valence electrons. The van der Waals surface area contributed by atoms with Crippen LogP contribution < -0.4 is 0 Å². The van der Waals surface area contributed by atoms with Crippen molar-refractivity contribution in [3.8, 4) is 0 Å². The van der Waals surface area contributed by atoms with Gasteiger partial charge in [-0.1, -0.05) is 11.3 Å². The molecule has 1 fully saturated rings. The van der Waals surface area contributed by atoms with Gasteiger partial charge in [0, 0.05) is 13.1 Å². The molecule has 0 radical (unpaired) electrons. The topological polar surface area (TPSA) is 64.2 Å². The maximum absolute atomic E-state index is 12.3. The van der Waals surface area contributed by atoms with Crippen LogP contribution in [0.25, 0.3) is 11.0 Å². The summed E-state index contributed by atoms with van der Waals surface area (Å²) in [7, 11) is 0. The lowest BCUT2D eigenvalue weighted by Gasteiger charge is -2.31. The third kappa shape index (κ3) is 2.50. The van der Waals surface area contributed by atoms with Crippen molar-refractivity contribution in [1.29, 1.82) is 0 Å². The van der Waals surface area contributed by atoms with Gasteiger partial charge in [0.1, 0.15) is 5.52 Å². The van der Waals surface area contributed by atoms with Crippen LogP contribution in [0, 0.1) is 6.92 Å². The second-order valence-electron chi connectivity index (χ2n) is 6.03. The standard InChI is InChI=1S/C17H18N4O2/c1-12-4-5-15-14(11-12)18-19-21(15)13-6-8-20(9-7-13)17(22)16-3-2-10-23-16/h2-5,10-11,13H,6-9H2,1H3. The minimum Gasteiger partial charge on any atom is -0.459 e. The summed E-state index contributed by atoms with van der Waals surface area (Å²) in [5.41, 5.74) is 3.17. The number of hydrogen-bond acceptors (Lipinski definition) is 4. The van der Waals surface area contributed by atoms with E-state index < -0.39 is 0 Å². The molecule has 0 bridgehead atoms. The molecule has 0 N–H and O–H groups in total. The molecule has 23 heavy (non-hydrogen) atoms. The SMILES string of the molecule is Cc1ccc2c(c1)nnn2C1CCN(C(=O)c2ccco2)CC1.